The molecule has 140 heavy (non-hydrogen) atoms. The van der Waals surface area contributed by atoms with E-state index in [-0.39, 0.29) is 140 Å². The van der Waals surface area contributed by atoms with Crippen LogP contribution in [0.1, 0.15) is 165 Å². The first-order chi connectivity index (χ1) is 66.4. The topological polar surface area (TPSA) is 578 Å². The van der Waals surface area contributed by atoms with Crippen LogP contribution in [0.4, 0.5) is 37.1 Å². The fraction of sp³-hybridized carbons (Fsp3) is 0.459. The van der Waals surface area contributed by atoms with Crippen LogP contribution in [0.15, 0.2) is 180 Å². The van der Waals surface area contributed by atoms with E-state index in [0.717, 1.165) is 18.7 Å². The molecule has 2 aliphatic carbocycles. The number of hydrogen-bond donors (Lipinski definition) is 14. The number of esters is 5. The Bertz CT molecular complexity index is 5620. The van der Waals surface area contributed by atoms with Crippen molar-refractivity contribution < 1.29 is 143 Å². The van der Waals surface area contributed by atoms with Gasteiger partial charge in [0, 0.05) is 80.1 Å². The monoisotopic (exact) mass is 1960 g/mol. The molecule has 10 rings (SSSR count). The summed E-state index contributed by atoms with van der Waals surface area (Å²) in [5.41, 5.74) is -7.45. The van der Waals surface area contributed by atoms with Crippen LogP contribution >= 0.6 is 0 Å². The molecule has 2 aliphatic heterocycles. The molecular formula is C98H121N11O30S. The zero-order chi connectivity index (χ0) is 102. The molecule has 15 atom stereocenters. The molecule has 0 bridgehead atoms. The van der Waals surface area contributed by atoms with Crippen molar-refractivity contribution in [2.75, 3.05) is 86.6 Å². The minimum absolute atomic E-state index is 0.00381. The van der Waals surface area contributed by atoms with Crippen molar-refractivity contribution >= 4 is 122 Å². The van der Waals surface area contributed by atoms with Crippen LogP contribution in [-0.2, 0) is 101 Å². The minimum atomic E-state index is -4.22. The number of ether oxygens (including phenoxy) is 9. The average Bonchev–Trinajstić information content (AvgIpc) is 0.697. The number of hydrogen-bond acceptors (Lipinski definition) is 28. The minimum Gasteiger partial charge on any atom is -0.481 e. The second-order valence-corrected chi connectivity index (χ2v) is 37.2. The summed E-state index contributed by atoms with van der Waals surface area (Å²) in [6, 6.07) is 31.2. The number of nitrogens with zero attached hydrogens (tertiary/aromatic N) is 1. The Morgan fingerprint density at radius 2 is 1.16 bits per heavy atom. The third-order valence-corrected chi connectivity index (χ3v) is 26.4. The molecule has 10 amide bonds. The molecule has 4 unspecified atom stereocenters. The number of aliphatic hydroxyl groups is 2. The highest BCUT2D eigenvalue weighted by Gasteiger charge is 2.77. The van der Waals surface area contributed by atoms with Gasteiger partial charge in [0.05, 0.1) is 93.0 Å². The summed E-state index contributed by atoms with van der Waals surface area (Å²) in [6.07, 6.45) is -11.9. The van der Waals surface area contributed by atoms with E-state index in [1.54, 1.807) is 54.6 Å². The zero-order valence-corrected chi connectivity index (χ0v) is 80.2. The summed E-state index contributed by atoms with van der Waals surface area (Å²) in [6.45, 7) is 15.5. The number of sulfonamides is 1. The number of ketones is 1. The van der Waals surface area contributed by atoms with Gasteiger partial charge in [-0.15, -0.1) is 0 Å². The van der Waals surface area contributed by atoms with Crippen LogP contribution in [0.2, 0.25) is 0 Å². The predicted octanol–water partition coefficient (Wildman–Crippen LogP) is 7.95. The highest BCUT2D eigenvalue weighted by molar-refractivity contribution is 7.92. The van der Waals surface area contributed by atoms with Gasteiger partial charge in [0.15, 0.2) is 17.5 Å². The van der Waals surface area contributed by atoms with Crippen molar-refractivity contribution in [3.8, 4) is 0 Å². The van der Waals surface area contributed by atoms with Gasteiger partial charge in [-0.25, -0.2) is 37.2 Å². The molecule has 4 aliphatic rings. The standard InChI is InChI=1S/C98H121N11O30S/c1-12-41-99-92(125)103-67-32-23-34-69(51-67)140(129,130)108-68-33-22-31-64(50-68)70(52-76(114)115)105-94(127)102-66-38-36-65(37-39-66)101-93(126)100-42-45-132-47-49-133-48-46-131-44-40-75(113)104-71(53-77(116)117)88(121)109-43-24-35-72(109)87(120)106-79(56(2)3)90(123)137-82(80(61-25-16-13-17-26-61)107-86(119)62-27-18-14-19-28-62)91(124)135-58(5)57(4)78-81(136-59(6)110)84(118)96(10)73(112)54-74-98(55-134-74,139-60(7)111)83(96)85(97(11,128)95(78,8)9)138-89(122)63-29-20-15-21-30-63/h13-23,25-34,36-39,50-51,56,58,70-74,79-83,85,108,112,128H,12,24,35,40-49,52-55H2,1-11H3,(H,104,113)(H,106,120)(H,107,119)(H,114,115)(H,116,117)(H2,99,103,125)(H2,100,101,126)(H2,102,105,127)/b78-57-/t58?,70-,71+,72+,73+,74-,79+,80+,81?,82-,83+,85?,96-,97?,98+/m1/s1. The van der Waals surface area contributed by atoms with Crippen LogP contribution in [-0.4, -0.2) is 255 Å². The molecule has 6 aromatic rings. The normalized spacial score (nSPS) is 21.8. The fourth-order valence-corrected chi connectivity index (χ4v) is 18.5. The number of amides is 10. The number of anilines is 4. The number of carboxylic acids is 2. The van der Waals surface area contributed by atoms with E-state index >= 15 is 14.4 Å². The van der Waals surface area contributed by atoms with Gasteiger partial charge in [-0.3, -0.25) is 47.9 Å². The lowest BCUT2D eigenvalue weighted by molar-refractivity contribution is -0.343. The van der Waals surface area contributed by atoms with E-state index in [0.29, 0.717) is 18.7 Å². The lowest BCUT2D eigenvalue weighted by Crippen LogP contribution is -2.81. The quantitative estimate of drug-likeness (QED) is 0.00746. The Hall–Kier alpha value is -13.8. The number of benzene rings is 6. The molecule has 754 valence electrons. The number of carbonyl (C=O) groups is 15. The van der Waals surface area contributed by atoms with Crippen LogP contribution in [0, 0.1) is 22.7 Å². The largest absolute Gasteiger partial charge is 0.481 e. The Balaban J connectivity index is 0.719. The lowest BCUT2D eigenvalue weighted by atomic mass is 9.46. The molecular weight excluding hydrogens is 1840 g/mol. The molecule has 0 spiro atoms. The van der Waals surface area contributed by atoms with Gasteiger partial charge in [-0.1, -0.05) is 120 Å². The molecule has 2 saturated heterocycles. The van der Waals surface area contributed by atoms with Crippen molar-refractivity contribution in [1.29, 1.82) is 0 Å². The third kappa shape index (κ3) is 27.4. The SMILES string of the molecule is CCCNC(=O)Nc1cccc(S(=O)(=O)Nc2cccc([C@@H](CC(=O)O)NC(=O)Nc3ccc(NC(=O)NCCOCCOCCOCCC(=O)N[C@@H](CC(=O)O)C(=O)N4CCC[C@H]4C(=O)N[C@H](C(=O)O[C@@H](C(=O)OC(C)/C(C)=C4/C(OC(C)=O)C(=O)[C@@]5(C)[C@H](C(OC(=O)c6ccccc6)C(C)(O)C4(C)C)[C@]4(OC(C)=O)CO[C@@H]4C[C@@H]5O)[C@@H](NC(=O)c4ccccc4)c4ccccc4)C(C)C)cc3)c2)c1. The highest BCUT2D eigenvalue weighted by Crippen LogP contribution is 2.63. The fourth-order valence-electron chi connectivity index (χ4n) is 17.4. The number of fused-ring (bicyclic) bond motifs is 3. The van der Waals surface area contributed by atoms with Crippen molar-refractivity contribution in [2.45, 2.75) is 204 Å². The molecule has 42 heteroatoms. The van der Waals surface area contributed by atoms with Gasteiger partial charge in [-0.2, -0.15) is 0 Å². The van der Waals surface area contributed by atoms with Gasteiger partial charge >= 0.3 is 59.9 Å². The van der Waals surface area contributed by atoms with Gasteiger partial charge in [0.2, 0.25) is 23.8 Å². The van der Waals surface area contributed by atoms with E-state index in [4.69, 9.17) is 42.6 Å². The number of carbonyl (C=O) groups excluding carboxylic acids is 13. The average molecular weight is 1970 g/mol. The van der Waals surface area contributed by atoms with Crippen LogP contribution in [0.5, 0.6) is 0 Å². The Morgan fingerprint density at radius 1 is 0.593 bits per heavy atom. The van der Waals surface area contributed by atoms with Gasteiger partial charge in [0.1, 0.15) is 48.1 Å². The zero-order valence-electron chi connectivity index (χ0n) is 79.4. The molecule has 14 N–H and O–H groups in total. The van der Waals surface area contributed by atoms with Gasteiger partial charge in [0.25, 0.3) is 15.9 Å². The number of carboxylic acid groups (broad SMARTS) is 2. The maximum Gasteiger partial charge on any atom is 0.350 e. The van der Waals surface area contributed by atoms with E-state index in [2.05, 4.69) is 52.6 Å². The first-order valence-electron chi connectivity index (χ1n) is 45.7. The molecule has 4 fully saturated rings. The maximum atomic E-state index is 16.2. The van der Waals surface area contributed by atoms with Gasteiger partial charge in [-0.05, 0) is 154 Å². The van der Waals surface area contributed by atoms with E-state index in [1.807, 2.05) is 6.92 Å². The third-order valence-electron chi connectivity index (χ3n) is 25.0. The van der Waals surface area contributed by atoms with Crippen molar-refractivity contribution in [1.82, 2.24) is 36.8 Å². The summed E-state index contributed by atoms with van der Waals surface area (Å²) >= 11 is 0. The molecule has 41 nitrogen and oxygen atoms in total. The van der Waals surface area contributed by atoms with E-state index in [9.17, 15) is 86.4 Å². The molecule has 2 saturated carbocycles. The first-order valence-corrected chi connectivity index (χ1v) is 47.2. The van der Waals surface area contributed by atoms with Crippen LogP contribution in [0.25, 0.3) is 0 Å². The molecule has 0 aromatic heterocycles. The van der Waals surface area contributed by atoms with Crippen LogP contribution in [0.3, 0.4) is 0 Å². The maximum absolute atomic E-state index is 16.2. The lowest BCUT2D eigenvalue weighted by Gasteiger charge is -2.66. The Morgan fingerprint density at radius 3 is 1.76 bits per heavy atom. The highest BCUT2D eigenvalue weighted by atomic mass is 32.2. The summed E-state index contributed by atoms with van der Waals surface area (Å²) in [4.78, 5) is 209. The number of aliphatic carboxylic acids is 2. The summed E-state index contributed by atoms with van der Waals surface area (Å²) < 4.78 is 83.1. The smallest absolute Gasteiger partial charge is 0.350 e. The molecule has 0 radical (unpaired) electrons. The second kappa shape index (κ2) is 48.7. The molecule has 6 aromatic carbocycles. The van der Waals surface area contributed by atoms with E-state index in [1.165, 1.54) is 165 Å². The second-order valence-electron chi connectivity index (χ2n) is 35.5. The summed E-state index contributed by atoms with van der Waals surface area (Å²) in [5.74, 6) is -15.2. The van der Waals surface area contributed by atoms with Crippen LogP contribution < -0.4 is 52.6 Å². The van der Waals surface area contributed by atoms with Crippen molar-refractivity contribution in [2.24, 2.45) is 22.7 Å². The predicted molar refractivity (Wildman–Crippen MR) is 503 cm³/mol. The Kier molecular flexibility index (Phi) is 37.6. The number of likely N-dealkylation sites (tertiary alicyclic amines) is 1. The number of urea groups is 3. The number of nitrogens with one attached hydrogen (secondary N) is 10. The van der Waals surface area contributed by atoms with Crippen molar-refractivity contribution in [3.05, 3.63) is 197 Å². The number of aliphatic hydroxyl groups excluding tert-OH is 1. The van der Waals surface area contributed by atoms with Gasteiger partial charge < -0.3 is 116 Å². The Labute approximate surface area is 808 Å². The summed E-state index contributed by atoms with van der Waals surface area (Å²) in [7, 11) is -4.22. The van der Waals surface area contributed by atoms with E-state index < -0.39 is 213 Å². The van der Waals surface area contributed by atoms with Crippen molar-refractivity contribution in [3.63, 3.8) is 0 Å². The number of Topliss-reactive ketones (excluding diaryl/α,β-unsaturated/α-hetero) is 1. The first kappa shape index (κ1) is 108. The summed E-state index contributed by atoms with van der Waals surface area (Å²) in [5, 5.41) is 69.6. The number of rotatable bonds is 44. The molecule has 2 heterocycles.